The van der Waals surface area contributed by atoms with Crippen molar-refractivity contribution in [3.63, 3.8) is 0 Å². The van der Waals surface area contributed by atoms with Gasteiger partial charge in [-0.3, -0.25) is 9.59 Å². The van der Waals surface area contributed by atoms with Gasteiger partial charge in [-0.25, -0.2) is 12.8 Å². The van der Waals surface area contributed by atoms with Crippen LogP contribution in [0.5, 0.6) is 5.75 Å². The molecule has 0 spiro atoms. The van der Waals surface area contributed by atoms with Crippen LogP contribution in [0.3, 0.4) is 0 Å². The Hall–Kier alpha value is -2.98. The Bertz CT molecular complexity index is 1210. The van der Waals surface area contributed by atoms with Gasteiger partial charge in [-0.1, -0.05) is 6.07 Å². The number of ether oxygens (including phenoxy) is 1. The smallest absolute Gasteiger partial charge is 0.265 e. The van der Waals surface area contributed by atoms with Gasteiger partial charge in [0.25, 0.3) is 5.91 Å². The summed E-state index contributed by atoms with van der Waals surface area (Å²) in [6, 6.07) is 6.35. The minimum atomic E-state index is -4.03. The number of carbonyl (C=O) groups is 2. The lowest BCUT2D eigenvalue weighted by molar-refractivity contribution is -0.122. The van der Waals surface area contributed by atoms with E-state index >= 15 is 0 Å². The van der Waals surface area contributed by atoms with Crippen LogP contribution in [0, 0.1) is 19.7 Å². The summed E-state index contributed by atoms with van der Waals surface area (Å²) in [4.78, 5) is 24.7. The zero-order valence-electron chi connectivity index (χ0n) is 17.9. The minimum Gasteiger partial charge on any atom is -0.479 e. The standard InChI is InChI=1S/C22H24FN3O5S/c1-12-6-7-15(10-16(12)23)24-22(28)18-5-4-8-26(18)32(29,30)20-11-19-17(9-13(20)2)25-21(27)14(3)31-19/h6-7,9-11,14,18H,4-5,8H2,1-3H3,(H,24,28)(H,25,27)/t14-,18-/m1/s1. The predicted octanol–water partition coefficient (Wildman–Crippen LogP) is 2.95. The van der Waals surface area contributed by atoms with Crippen LogP contribution in [0.1, 0.15) is 30.9 Å². The fourth-order valence-corrected chi connectivity index (χ4v) is 5.81. The molecule has 2 aromatic rings. The highest BCUT2D eigenvalue weighted by molar-refractivity contribution is 7.89. The van der Waals surface area contributed by atoms with Crippen LogP contribution in [0.2, 0.25) is 0 Å². The number of aryl methyl sites for hydroxylation is 2. The molecule has 0 bridgehead atoms. The van der Waals surface area contributed by atoms with E-state index in [4.69, 9.17) is 4.74 Å². The van der Waals surface area contributed by atoms with Crippen LogP contribution >= 0.6 is 0 Å². The molecule has 2 aliphatic rings. The number of hydrogen-bond acceptors (Lipinski definition) is 5. The fraction of sp³-hybridized carbons (Fsp3) is 0.364. The van der Waals surface area contributed by atoms with E-state index in [1.165, 1.54) is 16.4 Å². The maximum Gasteiger partial charge on any atom is 0.265 e. The van der Waals surface area contributed by atoms with E-state index in [9.17, 15) is 22.4 Å². The van der Waals surface area contributed by atoms with Gasteiger partial charge in [-0.2, -0.15) is 4.31 Å². The van der Waals surface area contributed by atoms with Crippen LogP contribution in [-0.2, 0) is 19.6 Å². The Labute approximate surface area is 185 Å². The number of anilines is 2. The first-order valence-electron chi connectivity index (χ1n) is 10.3. The molecule has 2 heterocycles. The summed E-state index contributed by atoms with van der Waals surface area (Å²) in [7, 11) is -4.03. The third-order valence-corrected chi connectivity index (χ3v) is 7.79. The van der Waals surface area contributed by atoms with Crippen LogP contribution in [0.4, 0.5) is 15.8 Å². The van der Waals surface area contributed by atoms with E-state index < -0.39 is 33.9 Å². The van der Waals surface area contributed by atoms with E-state index in [1.807, 2.05) is 0 Å². The van der Waals surface area contributed by atoms with Gasteiger partial charge < -0.3 is 15.4 Å². The van der Waals surface area contributed by atoms with Crippen LogP contribution < -0.4 is 15.4 Å². The monoisotopic (exact) mass is 461 g/mol. The first-order valence-corrected chi connectivity index (χ1v) is 11.7. The van der Waals surface area contributed by atoms with Crippen molar-refractivity contribution in [2.75, 3.05) is 17.2 Å². The zero-order chi connectivity index (χ0) is 23.2. The third-order valence-electron chi connectivity index (χ3n) is 5.74. The summed E-state index contributed by atoms with van der Waals surface area (Å²) < 4.78 is 47.6. The highest BCUT2D eigenvalue weighted by Gasteiger charge is 2.41. The molecule has 2 N–H and O–H groups in total. The molecule has 0 unspecified atom stereocenters. The topological polar surface area (TPSA) is 105 Å². The van der Waals surface area contributed by atoms with E-state index in [1.54, 1.807) is 39.0 Å². The number of carbonyl (C=O) groups excluding carboxylic acids is 2. The Morgan fingerprint density at radius 2 is 1.97 bits per heavy atom. The maximum atomic E-state index is 13.8. The molecule has 170 valence electrons. The van der Waals surface area contributed by atoms with Gasteiger partial charge in [-0.05, 0) is 62.9 Å². The molecule has 32 heavy (non-hydrogen) atoms. The minimum absolute atomic E-state index is 0.0145. The molecule has 2 amide bonds. The number of amides is 2. The van der Waals surface area contributed by atoms with Crippen molar-refractivity contribution in [2.24, 2.45) is 0 Å². The van der Waals surface area contributed by atoms with Gasteiger partial charge >= 0.3 is 0 Å². The zero-order valence-corrected chi connectivity index (χ0v) is 18.8. The van der Waals surface area contributed by atoms with Gasteiger partial charge in [0.1, 0.15) is 17.6 Å². The quantitative estimate of drug-likeness (QED) is 0.729. The molecular formula is C22H24FN3O5S. The fourth-order valence-electron chi connectivity index (χ4n) is 3.93. The number of fused-ring (bicyclic) bond motifs is 1. The van der Waals surface area contributed by atoms with Crippen molar-refractivity contribution in [3.05, 3.63) is 47.3 Å². The van der Waals surface area contributed by atoms with Crippen molar-refractivity contribution in [1.29, 1.82) is 0 Å². The van der Waals surface area contributed by atoms with E-state index in [0.717, 1.165) is 0 Å². The molecule has 8 nitrogen and oxygen atoms in total. The highest BCUT2D eigenvalue weighted by atomic mass is 32.2. The first-order chi connectivity index (χ1) is 15.1. The molecule has 10 heteroatoms. The molecule has 1 saturated heterocycles. The molecule has 4 rings (SSSR count). The second-order valence-corrected chi connectivity index (χ2v) is 9.95. The number of nitrogens with one attached hydrogen (secondary N) is 2. The molecule has 0 saturated carbocycles. The van der Waals surface area contributed by atoms with Gasteiger partial charge in [0.05, 0.1) is 10.6 Å². The van der Waals surface area contributed by atoms with Crippen molar-refractivity contribution in [2.45, 2.75) is 50.7 Å². The summed E-state index contributed by atoms with van der Waals surface area (Å²) in [5, 5.41) is 5.32. The van der Waals surface area contributed by atoms with E-state index in [-0.39, 0.29) is 28.8 Å². The van der Waals surface area contributed by atoms with Crippen molar-refractivity contribution < 1.29 is 27.1 Å². The summed E-state index contributed by atoms with van der Waals surface area (Å²) >= 11 is 0. The molecular weight excluding hydrogens is 437 g/mol. The molecule has 2 atom stereocenters. The van der Waals surface area contributed by atoms with Gasteiger partial charge in [0, 0.05) is 18.3 Å². The average molecular weight is 462 g/mol. The summed E-state index contributed by atoms with van der Waals surface area (Å²) in [6.07, 6.45) is 0.126. The van der Waals surface area contributed by atoms with Crippen molar-refractivity contribution >= 4 is 33.2 Å². The number of halogens is 1. The molecule has 2 aliphatic heterocycles. The number of rotatable bonds is 4. The second-order valence-electron chi connectivity index (χ2n) is 8.09. The van der Waals surface area contributed by atoms with Gasteiger partial charge in [-0.15, -0.1) is 0 Å². The molecule has 0 aromatic heterocycles. The van der Waals surface area contributed by atoms with Crippen LogP contribution in [0.15, 0.2) is 35.2 Å². The summed E-state index contributed by atoms with van der Waals surface area (Å²) in [5.74, 6) is -1.01. The largest absolute Gasteiger partial charge is 0.479 e. The second kappa shape index (κ2) is 8.18. The van der Waals surface area contributed by atoms with Crippen molar-refractivity contribution in [1.82, 2.24) is 4.31 Å². The molecule has 0 aliphatic carbocycles. The van der Waals surface area contributed by atoms with Gasteiger partial charge in [0.15, 0.2) is 6.10 Å². The van der Waals surface area contributed by atoms with Gasteiger partial charge in [0.2, 0.25) is 15.9 Å². The average Bonchev–Trinajstić information content (AvgIpc) is 3.22. The normalized spacial score (nSPS) is 20.9. The number of benzene rings is 2. The predicted molar refractivity (Wildman–Crippen MR) is 117 cm³/mol. The highest BCUT2D eigenvalue weighted by Crippen LogP contribution is 2.37. The first kappa shape index (κ1) is 22.2. The lowest BCUT2D eigenvalue weighted by atomic mass is 10.1. The Morgan fingerprint density at radius 1 is 1.22 bits per heavy atom. The molecule has 0 radical (unpaired) electrons. The number of nitrogens with zero attached hydrogens (tertiary/aromatic N) is 1. The van der Waals surface area contributed by atoms with Crippen LogP contribution in [0.25, 0.3) is 0 Å². The molecule has 1 fully saturated rings. The van der Waals surface area contributed by atoms with E-state index in [0.29, 0.717) is 29.7 Å². The summed E-state index contributed by atoms with van der Waals surface area (Å²) in [6.45, 7) is 4.99. The Kier molecular flexibility index (Phi) is 5.68. The van der Waals surface area contributed by atoms with E-state index in [2.05, 4.69) is 10.6 Å². The maximum absolute atomic E-state index is 13.8. The Morgan fingerprint density at radius 3 is 2.69 bits per heavy atom. The Balaban J connectivity index is 1.62. The number of sulfonamides is 1. The van der Waals surface area contributed by atoms with Crippen molar-refractivity contribution in [3.8, 4) is 5.75 Å². The summed E-state index contributed by atoms with van der Waals surface area (Å²) in [5.41, 5.74) is 1.55. The lowest BCUT2D eigenvalue weighted by Crippen LogP contribution is -2.43. The lowest BCUT2D eigenvalue weighted by Gasteiger charge is -2.27. The molecule has 2 aromatic carbocycles. The van der Waals surface area contributed by atoms with Crippen LogP contribution in [-0.4, -0.2) is 43.2 Å². The SMILES string of the molecule is Cc1ccc(NC(=O)[C@H]2CCCN2S(=O)(=O)c2cc3c(cc2C)NC(=O)[C@@H](C)O3)cc1F. The number of hydrogen-bond donors (Lipinski definition) is 2. The third kappa shape index (κ3) is 3.95.